The van der Waals surface area contributed by atoms with Gasteiger partial charge in [0, 0.05) is 71.6 Å². The summed E-state index contributed by atoms with van der Waals surface area (Å²) < 4.78 is 0. The van der Waals surface area contributed by atoms with Gasteiger partial charge >= 0.3 is 0 Å². The first-order chi connectivity index (χ1) is 19.0. The highest BCUT2D eigenvalue weighted by atomic mass is 16.3. The summed E-state index contributed by atoms with van der Waals surface area (Å²) in [6.07, 6.45) is 16.7. The molecule has 40 heavy (non-hydrogen) atoms. The van der Waals surface area contributed by atoms with Crippen LogP contribution in [-0.4, -0.2) is 68.6 Å². The van der Waals surface area contributed by atoms with E-state index in [0.29, 0.717) is 75.4 Å². The maximum atomic E-state index is 12.7. The van der Waals surface area contributed by atoms with Crippen molar-refractivity contribution in [1.29, 1.82) is 0 Å². The van der Waals surface area contributed by atoms with Gasteiger partial charge in [0.25, 0.3) is 0 Å². The number of allylic oxidation sites excluding steroid dienone is 2. The van der Waals surface area contributed by atoms with Crippen LogP contribution >= 0.6 is 0 Å². The van der Waals surface area contributed by atoms with Crippen molar-refractivity contribution in [3.8, 4) is 24.7 Å². The van der Waals surface area contributed by atoms with Crippen molar-refractivity contribution < 1.29 is 29.4 Å². The molecule has 2 amide bonds. The SMILES string of the molecule is C#CCN1C(=O)[C@H]2CCCC(=O)C3=C(O)CC[C@@H]1[C@]32C.C#CCN1C(=O)[C@H]2CCCC(=O)C3=C(O)CC[C@@H]1[C@]32C. The van der Waals surface area contributed by atoms with Crippen molar-refractivity contribution in [1.82, 2.24) is 9.80 Å². The van der Waals surface area contributed by atoms with Crippen LogP contribution in [0.15, 0.2) is 22.7 Å². The van der Waals surface area contributed by atoms with E-state index < -0.39 is 10.8 Å². The number of amides is 2. The third kappa shape index (κ3) is 3.83. The normalized spacial score (nSPS) is 36.7. The Labute approximate surface area is 235 Å². The molecule has 0 aromatic carbocycles. The van der Waals surface area contributed by atoms with Crippen LogP contribution in [0.25, 0.3) is 0 Å². The molecule has 2 saturated heterocycles. The Kier molecular flexibility index (Phi) is 7.11. The van der Waals surface area contributed by atoms with Gasteiger partial charge in [0.1, 0.15) is 0 Å². The van der Waals surface area contributed by atoms with Gasteiger partial charge in [-0.2, -0.15) is 0 Å². The zero-order valence-electron chi connectivity index (χ0n) is 23.4. The molecule has 4 aliphatic carbocycles. The molecule has 6 rings (SSSR count). The van der Waals surface area contributed by atoms with E-state index in [1.54, 1.807) is 9.80 Å². The van der Waals surface area contributed by atoms with E-state index in [1.165, 1.54) is 0 Å². The topological polar surface area (TPSA) is 115 Å². The highest BCUT2D eigenvalue weighted by molar-refractivity contribution is 6.01. The predicted octanol–water partition coefficient (Wildman–Crippen LogP) is 3.62. The average Bonchev–Trinajstić information content (AvgIpc) is 3.08. The van der Waals surface area contributed by atoms with E-state index in [9.17, 15) is 29.4 Å². The van der Waals surface area contributed by atoms with Crippen LogP contribution in [0.2, 0.25) is 0 Å². The number of carbonyl (C=O) groups excluding carboxylic acids is 4. The molecular formula is C32H38N2O6. The van der Waals surface area contributed by atoms with Crippen molar-refractivity contribution in [2.24, 2.45) is 22.7 Å². The van der Waals surface area contributed by atoms with E-state index in [-0.39, 0.29) is 71.9 Å². The van der Waals surface area contributed by atoms with Gasteiger partial charge in [-0.3, -0.25) is 19.2 Å². The van der Waals surface area contributed by atoms with Crippen LogP contribution in [0.4, 0.5) is 0 Å². The first kappa shape index (κ1) is 28.0. The number of terminal acetylenes is 2. The zero-order chi connectivity index (χ0) is 29.0. The summed E-state index contributed by atoms with van der Waals surface area (Å²) in [5.41, 5.74) is -0.124. The number of carbonyl (C=O) groups is 4. The molecule has 0 unspecified atom stereocenters. The molecule has 0 spiro atoms. The number of hydrogen-bond donors (Lipinski definition) is 2. The molecule has 4 fully saturated rings. The standard InChI is InChI=1S/2C16H19NO3/c2*1-3-9-17-13-8-7-12(19)14-11(18)6-4-5-10(15(17)20)16(13,14)2/h2*1,10,13,19H,4-9H2,2H3/t2*10-,13-,16-/m11/s1. The van der Waals surface area contributed by atoms with Gasteiger partial charge < -0.3 is 20.0 Å². The molecule has 0 aromatic rings. The van der Waals surface area contributed by atoms with Gasteiger partial charge in [0.05, 0.1) is 24.6 Å². The van der Waals surface area contributed by atoms with Crippen molar-refractivity contribution in [2.75, 3.05) is 13.1 Å². The molecule has 0 bridgehead atoms. The van der Waals surface area contributed by atoms with Crippen molar-refractivity contribution in [2.45, 2.75) is 90.1 Å². The second-order valence-corrected chi connectivity index (χ2v) is 12.4. The molecule has 2 saturated carbocycles. The summed E-state index contributed by atoms with van der Waals surface area (Å²) in [5.74, 6) is 5.17. The summed E-state index contributed by atoms with van der Waals surface area (Å²) in [5, 5.41) is 20.4. The maximum Gasteiger partial charge on any atom is 0.227 e. The second kappa shape index (κ2) is 10.1. The van der Waals surface area contributed by atoms with Crippen LogP contribution in [0.1, 0.15) is 78.1 Å². The fraction of sp³-hybridized carbons (Fsp3) is 0.625. The first-order valence-electron chi connectivity index (χ1n) is 14.4. The Morgan fingerprint density at radius 1 is 0.700 bits per heavy atom. The molecule has 8 nitrogen and oxygen atoms in total. The molecule has 6 aliphatic rings. The lowest BCUT2D eigenvalue weighted by molar-refractivity contribution is -0.132. The maximum absolute atomic E-state index is 12.7. The molecule has 8 heteroatoms. The van der Waals surface area contributed by atoms with Crippen molar-refractivity contribution in [3.05, 3.63) is 22.7 Å². The van der Waals surface area contributed by atoms with Crippen LogP contribution in [-0.2, 0) is 19.2 Å². The van der Waals surface area contributed by atoms with Gasteiger partial charge in [-0.25, -0.2) is 0 Å². The van der Waals surface area contributed by atoms with Gasteiger partial charge in [-0.05, 0) is 38.5 Å². The summed E-state index contributed by atoms with van der Waals surface area (Å²) in [6, 6.07) is -0.104. The molecule has 2 N–H and O–H groups in total. The molecule has 0 aromatic heterocycles. The number of aliphatic hydroxyl groups excluding tert-OH is 2. The number of nitrogens with zero attached hydrogens (tertiary/aromatic N) is 2. The average molecular weight is 547 g/mol. The van der Waals surface area contributed by atoms with Gasteiger partial charge in [-0.15, -0.1) is 12.8 Å². The largest absolute Gasteiger partial charge is 0.512 e. The highest BCUT2D eigenvalue weighted by Crippen LogP contribution is 2.57. The van der Waals surface area contributed by atoms with Crippen LogP contribution in [0.5, 0.6) is 0 Å². The number of ketones is 2. The van der Waals surface area contributed by atoms with E-state index in [2.05, 4.69) is 11.8 Å². The Morgan fingerprint density at radius 3 is 1.43 bits per heavy atom. The summed E-state index contributed by atoms with van der Waals surface area (Å²) >= 11 is 0. The summed E-state index contributed by atoms with van der Waals surface area (Å²) in [6.45, 7) is 4.50. The molecule has 2 heterocycles. The minimum absolute atomic E-state index is 0.00700. The zero-order valence-corrected chi connectivity index (χ0v) is 23.4. The molecule has 0 radical (unpaired) electrons. The van der Waals surface area contributed by atoms with Crippen LogP contribution < -0.4 is 0 Å². The minimum atomic E-state index is -0.566. The molecule has 212 valence electrons. The first-order valence-corrected chi connectivity index (χ1v) is 14.4. The van der Waals surface area contributed by atoms with Crippen LogP contribution in [0.3, 0.4) is 0 Å². The quantitative estimate of drug-likeness (QED) is 0.512. The lowest BCUT2D eigenvalue weighted by atomic mass is 9.64. The predicted molar refractivity (Wildman–Crippen MR) is 147 cm³/mol. The van der Waals surface area contributed by atoms with Crippen LogP contribution in [0, 0.1) is 47.4 Å². The van der Waals surface area contributed by atoms with E-state index in [4.69, 9.17) is 12.8 Å². The number of rotatable bonds is 2. The fourth-order valence-corrected chi connectivity index (χ4v) is 8.87. The Balaban J connectivity index is 0.000000161. The third-order valence-electron chi connectivity index (χ3n) is 10.6. The van der Waals surface area contributed by atoms with E-state index in [0.717, 1.165) is 0 Å². The molecular weight excluding hydrogens is 508 g/mol. The fourth-order valence-electron chi connectivity index (χ4n) is 8.87. The van der Waals surface area contributed by atoms with Gasteiger partial charge in [-0.1, -0.05) is 25.7 Å². The summed E-state index contributed by atoms with van der Waals surface area (Å²) in [7, 11) is 0. The number of hydrogen-bond acceptors (Lipinski definition) is 6. The summed E-state index contributed by atoms with van der Waals surface area (Å²) in [4.78, 5) is 53.5. The highest BCUT2D eigenvalue weighted by Gasteiger charge is 2.62. The monoisotopic (exact) mass is 546 g/mol. The Bertz CT molecular complexity index is 1210. The Morgan fingerprint density at radius 2 is 1.07 bits per heavy atom. The lowest BCUT2D eigenvalue weighted by Gasteiger charge is -2.40. The minimum Gasteiger partial charge on any atom is -0.512 e. The second-order valence-electron chi connectivity index (χ2n) is 12.4. The number of aliphatic hydroxyl groups is 2. The van der Waals surface area contributed by atoms with Crippen molar-refractivity contribution >= 4 is 23.4 Å². The van der Waals surface area contributed by atoms with Crippen molar-refractivity contribution in [3.63, 3.8) is 0 Å². The Hall–Kier alpha value is -3.52. The van der Waals surface area contributed by atoms with E-state index in [1.807, 2.05) is 13.8 Å². The number of Topliss-reactive ketones (excluding diaryl/α,β-unsaturated/α-hetero) is 2. The number of likely N-dealkylation sites (tertiary alicyclic amines) is 2. The lowest BCUT2D eigenvalue weighted by Crippen LogP contribution is -2.45. The third-order valence-corrected chi connectivity index (χ3v) is 10.6. The molecule has 6 atom stereocenters. The molecule has 2 aliphatic heterocycles. The van der Waals surface area contributed by atoms with Gasteiger partial charge in [0.15, 0.2) is 11.6 Å². The smallest absolute Gasteiger partial charge is 0.227 e. The van der Waals surface area contributed by atoms with Gasteiger partial charge in [0.2, 0.25) is 11.8 Å². The van der Waals surface area contributed by atoms with E-state index >= 15 is 0 Å².